The topological polar surface area (TPSA) is 105 Å². The molecule has 4 aromatic rings. The van der Waals surface area contributed by atoms with Gasteiger partial charge < -0.3 is 20.3 Å². The van der Waals surface area contributed by atoms with Crippen LogP contribution in [0.3, 0.4) is 0 Å². The summed E-state index contributed by atoms with van der Waals surface area (Å²) in [4.78, 5) is 32.7. The number of nitrogens with zero attached hydrogens (tertiary/aromatic N) is 5. The van der Waals surface area contributed by atoms with E-state index >= 15 is 0 Å². The summed E-state index contributed by atoms with van der Waals surface area (Å²) in [5.41, 5.74) is 4.28. The Morgan fingerprint density at radius 1 is 1.08 bits per heavy atom. The van der Waals surface area contributed by atoms with Crippen LogP contribution in [0.2, 0.25) is 0 Å². The Balaban J connectivity index is 1.29. The van der Waals surface area contributed by atoms with Crippen molar-refractivity contribution in [3.05, 3.63) is 72.3 Å². The van der Waals surface area contributed by atoms with Crippen LogP contribution in [0.5, 0.6) is 0 Å². The number of pyridine rings is 2. The molecule has 190 valence electrons. The van der Waals surface area contributed by atoms with Crippen molar-refractivity contribution in [1.82, 2.24) is 25.3 Å². The van der Waals surface area contributed by atoms with Crippen LogP contribution < -0.4 is 15.5 Å². The molecule has 4 heterocycles. The molecule has 37 heavy (non-hydrogen) atoms. The van der Waals surface area contributed by atoms with Crippen LogP contribution in [-0.4, -0.2) is 65.7 Å². The number of fused-ring (bicyclic) bond motifs is 1. The number of aromatic nitrogens is 4. The summed E-state index contributed by atoms with van der Waals surface area (Å²) < 4.78 is 5.55. The number of para-hydroxylation sites is 1. The van der Waals surface area contributed by atoms with Crippen molar-refractivity contribution >= 4 is 28.4 Å². The SMILES string of the molecule is CNC(=O)c1ccnc2c(C(C)CNc3cc(-c4ccc(N5CCCOCC5)nc4)ncn3)cccc12. The Kier molecular flexibility index (Phi) is 7.51. The normalized spacial score (nSPS) is 14.7. The third-order valence-corrected chi connectivity index (χ3v) is 6.65. The highest BCUT2D eigenvalue weighted by molar-refractivity contribution is 6.06. The molecule has 0 saturated carbocycles. The first-order valence-electron chi connectivity index (χ1n) is 12.6. The number of amides is 1. The van der Waals surface area contributed by atoms with E-state index in [1.54, 1.807) is 25.6 Å². The van der Waals surface area contributed by atoms with E-state index in [-0.39, 0.29) is 11.8 Å². The van der Waals surface area contributed by atoms with E-state index in [1.165, 1.54) is 0 Å². The van der Waals surface area contributed by atoms with E-state index in [0.29, 0.717) is 12.1 Å². The van der Waals surface area contributed by atoms with Crippen LogP contribution in [0.4, 0.5) is 11.6 Å². The van der Waals surface area contributed by atoms with Crippen LogP contribution in [0, 0.1) is 0 Å². The number of carbonyl (C=O) groups excluding carboxylic acids is 1. The van der Waals surface area contributed by atoms with Gasteiger partial charge in [-0.1, -0.05) is 25.1 Å². The predicted molar refractivity (Wildman–Crippen MR) is 145 cm³/mol. The molecule has 0 spiro atoms. The van der Waals surface area contributed by atoms with Gasteiger partial charge in [-0.05, 0) is 30.2 Å². The fourth-order valence-corrected chi connectivity index (χ4v) is 4.61. The zero-order valence-electron chi connectivity index (χ0n) is 21.1. The lowest BCUT2D eigenvalue weighted by molar-refractivity contribution is 0.0964. The number of rotatable bonds is 7. The molecule has 0 aliphatic carbocycles. The Morgan fingerprint density at radius 3 is 2.84 bits per heavy atom. The molecular formula is C28H31N7O2. The Labute approximate surface area is 216 Å². The predicted octanol–water partition coefficient (Wildman–Crippen LogP) is 3.89. The fraction of sp³-hybridized carbons (Fsp3) is 0.321. The molecule has 1 amide bonds. The van der Waals surface area contributed by atoms with E-state index in [9.17, 15) is 4.79 Å². The first kappa shape index (κ1) is 24.6. The lowest BCUT2D eigenvalue weighted by Crippen LogP contribution is -2.26. The molecule has 0 radical (unpaired) electrons. The van der Waals surface area contributed by atoms with Crippen molar-refractivity contribution in [2.24, 2.45) is 0 Å². The molecule has 0 bridgehead atoms. The lowest BCUT2D eigenvalue weighted by Gasteiger charge is -2.20. The summed E-state index contributed by atoms with van der Waals surface area (Å²) in [5.74, 6) is 1.71. The summed E-state index contributed by atoms with van der Waals surface area (Å²) >= 11 is 0. The first-order chi connectivity index (χ1) is 18.1. The molecule has 1 aromatic carbocycles. The average molecular weight is 498 g/mol. The highest BCUT2D eigenvalue weighted by Gasteiger charge is 2.16. The molecule has 1 fully saturated rings. The maximum absolute atomic E-state index is 12.3. The quantitative estimate of drug-likeness (QED) is 0.396. The smallest absolute Gasteiger partial charge is 0.251 e. The van der Waals surface area contributed by atoms with Crippen LogP contribution in [0.1, 0.15) is 35.2 Å². The minimum atomic E-state index is -0.119. The van der Waals surface area contributed by atoms with E-state index in [0.717, 1.165) is 72.1 Å². The minimum absolute atomic E-state index is 0.119. The van der Waals surface area contributed by atoms with Crippen molar-refractivity contribution < 1.29 is 9.53 Å². The third-order valence-electron chi connectivity index (χ3n) is 6.65. The second-order valence-electron chi connectivity index (χ2n) is 9.11. The zero-order valence-corrected chi connectivity index (χ0v) is 21.1. The highest BCUT2D eigenvalue weighted by atomic mass is 16.5. The highest BCUT2D eigenvalue weighted by Crippen LogP contribution is 2.27. The van der Waals surface area contributed by atoms with E-state index in [4.69, 9.17) is 4.74 Å². The summed E-state index contributed by atoms with van der Waals surface area (Å²) in [5, 5.41) is 6.99. The van der Waals surface area contributed by atoms with Crippen molar-refractivity contribution in [2.45, 2.75) is 19.3 Å². The maximum atomic E-state index is 12.3. The van der Waals surface area contributed by atoms with Gasteiger partial charge in [0.15, 0.2) is 0 Å². The van der Waals surface area contributed by atoms with Gasteiger partial charge in [0.1, 0.15) is 18.0 Å². The molecule has 5 rings (SSSR count). The van der Waals surface area contributed by atoms with Crippen molar-refractivity contribution in [1.29, 1.82) is 0 Å². The Hall–Kier alpha value is -4.11. The molecule has 1 unspecified atom stereocenters. The summed E-state index contributed by atoms with van der Waals surface area (Å²) in [6.45, 7) is 6.12. The largest absolute Gasteiger partial charge is 0.380 e. The number of anilines is 2. The third kappa shape index (κ3) is 5.51. The number of hydrogen-bond acceptors (Lipinski definition) is 8. The zero-order chi connectivity index (χ0) is 25.6. The molecule has 1 atom stereocenters. The number of hydrogen-bond donors (Lipinski definition) is 2. The summed E-state index contributed by atoms with van der Waals surface area (Å²) in [7, 11) is 1.64. The minimum Gasteiger partial charge on any atom is -0.380 e. The Morgan fingerprint density at radius 2 is 2.00 bits per heavy atom. The maximum Gasteiger partial charge on any atom is 0.251 e. The van der Waals surface area contributed by atoms with Gasteiger partial charge in [-0.2, -0.15) is 0 Å². The standard InChI is InChI=1S/C28H31N7O2/c1-19(21-5-3-6-22-23(28(36)29-2)9-10-30-27(21)22)16-31-25-15-24(33-18-34-25)20-7-8-26(32-17-20)35-11-4-13-37-14-12-35/h3,5-10,15,17-19H,4,11-14,16H2,1-2H3,(H,29,36)(H,31,33,34). The van der Waals surface area contributed by atoms with Gasteiger partial charge in [-0.15, -0.1) is 0 Å². The Bertz CT molecular complexity index is 1370. The van der Waals surface area contributed by atoms with E-state index in [1.807, 2.05) is 30.5 Å². The van der Waals surface area contributed by atoms with Gasteiger partial charge in [0, 0.05) is 68.6 Å². The van der Waals surface area contributed by atoms with Crippen LogP contribution in [0.15, 0.2) is 61.2 Å². The second kappa shape index (κ2) is 11.3. The molecule has 1 aliphatic rings. The number of nitrogens with one attached hydrogen (secondary N) is 2. The number of ether oxygens (including phenoxy) is 1. The van der Waals surface area contributed by atoms with E-state index < -0.39 is 0 Å². The monoisotopic (exact) mass is 497 g/mol. The summed E-state index contributed by atoms with van der Waals surface area (Å²) in [6, 6.07) is 13.7. The van der Waals surface area contributed by atoms with Gasteiger partial charge in [0.05, 0.1) is 23.4 Å². The van der Waals surface area contributed by atoms with Gasteiger partial charge in [-0.3, -0.25) is 9.78 Å². The molecular weight excluding hydrogens is 466 g/mol. The summed E-state index contributed by atoms with van der Waals surface area (Å²) in [6.07, 6.45) is 6.12. The number of benzene rings is 1. The van der Waals surface area contributed by atoms with Crippen molar-refractivity contribution in [2.75, 3.05) is 50.1 Å². The van der Waals surface area contributed by atoms with E-state index in [2.05, 4.69) is 54.5 Å². The van der Waals surface area contributed by atoms with Gasteiger partial charge in [0.25, 0.3) is 5.91 Å². The molecule has 9 nitrogen and oxygen atoms in total. The molecule has 1 aliphatic heterocycles. The van der Waals surface area contributed by atoms with Gasteiger partial charge >= 0.3 is 0 Å². The number of carbonyl (C=O) groups is 1. The average Bonchev–Trinajstić information content (AvgIpc) is 3.25. The van der Waals surface area contributed by atoms with Crippen LogP contribution in [0.25, 0.3) is 22.2 Å². The molecule has 9 heteroatoms. The molecule has 1 saturated heterocycles. The van der Waals surface area contributed by atoms with Gasteiger partial charge in [0.2, 0.25) is 0 Å². The van der Waals surface area contributed by atoms with Crippen molar-refractivity contribution in [3.63, 3.8) is 0 Å². The van der Waals surface area contributed by atoms with Gasteiger partial charge in [-0.25, -0.2) is 15.0 Å². The van der Waals surface area contributed by atoms with Crippen molar-refractivity contribution in [3.8, 4) is 11.3 Å². The molecule has 3 aromatic heterocycles. The van der Waals surface area contributed by atoms with Crippen LogP contribution >= 0.6 is 0 Å². The fourth-order valence-electron chi connectivity index (χ4n) is 4.61. The van der Waals surface area contributed by atoms with Crippen LogP contribution in [-0.2, 0) is 4.74 Å². The molecule has 2 N–H and O–H groups in total. The first-order valence-corrected chi connectivity index (χ1v) is 12.6. The lowest BCUT2D eigenvalue weighted by atomic mass is 9.96. The second-order valence-corrected chi connectivity index (χ2v) is 9.11.